The number of carbonyl (C=O) groups excluding carboxylic acids is 2. The summed E-state index contributed by atoms with van der Waals surface area (Å²) in [5, 5.41) is 9.53. The summed E-state index contributed by atoms with van der Waals surface area (Å²) in [4.78, 5) is 34.7. The fraction of sp³-hybridized carbons (Fsp3) is 0.300. The Kier molecular flexibility index (Phi) is 6.79. The van der Waals surface area contributed by atoms with Crippen molar-refractivity contribution in [3.8, 4) is 0 Å². The molecule has 0 bridgehead atoms. The van der Waals surface area contributed by atoms with Crippen LogP contribution in [0.2, 0.25) is 5.02 Å². The number of hydrogen-bond donors (Lipinski definition) is 3. The van der Waals surface area contributed by atoms with Crippen LogP contribution >= 0.6 is 11.6 Å². The lowest BCUT2D eigenvalue weighted by Gasteiger charge is -2.18. The molecule has 1 aromatic heterocycles. The molecule has 1 aliphatic rings. The molecular formula is C20H23ClN6O2. The van der Waals surface area contributed by atoms with Gasteiger partial charge in [0.1, 0.15) is 0 Å². The van der Waals surface area contributed by atoms with E-state index in [4.69, 9.17) is 11.6 Å². The Balaban J connectivity index is 1.68. The number of likely N-dealkylation sites (tertiary alicyclic amines) is 1. The summed E-state index contributed by atoms with van der Waals surface area (Å²) >= 11 is 5.81. The zero-order valence-electron chi connectivity index (χ0n) is 16.1. The maximum absolute atomic E-state index is 13.0. The molecule has 1 aliphatic heterocycles. The molecule has 9 heteroatoms. The van der Waals surface area contributed by atoms with Crippen molar-refractivity contribution >= 4 is 35.1 Å². The van der Waals surface area contributed by atoms with E-state index >= 15 is 0 Å². The molecule has 8 nitrogen and oxygen atoms in total. The van der Waals surface area contributed by atoms with Gasteiger partial charge < -0.3 is 20.9 Å². The summed E-state index contributed by atoms with van der Waals surface area (Å²) in [6.07, 6.45) is 5.08. The first-order valence-electron chi connectivity index (χ1n) is 9.24. The largest absolute Gasteiger partial charge is 0.350 e. The predicted octanol–water partition coefficient (Wildman–Crippen LogP) is 2.30. The van der Waals surface area contributed by atoms with Gasteiger partial charge in [-0.25, -0.2) is 9.97 Å². The Morgan fingerprint density at radius 1 is 1.34 bits per heavy atom. The van der Waals surface area contributed by atoms with E-state index < -0.39 is 0 Å². The quantitative estimate of drug-likeness (QED) is 0.601. The van der Waals surface area contributed by atoms with E-state index in [1.165, 1.54) is 18.5 Å². The van der Waals surface area contributed by atoms with Crippen LogP contribution in [0.25, 0.3) is 0 Å². The molecule has 3 N–H and O–H groups in total. The molecular weight excluding hydrogens is 392 g/mol. The Morgan fingerprint density at radius 2 is 2.10 bits per heavy atom. The van der Waals surface area contributed by atoms with Crippen LogP contribution in [0.4, 0.5) is 11.6 Å². The molecule has 1 saturated heterocycles. The van der Waals surface area contributed by atoms with Gasteiger partial charge in [-0.1, -0.05) is 18.2 Å². The molecule has 0 aliphatic carbocycles. The lowest BCUT2D eigenvalue weighted by molar-refractivity contribution is -0.111. The molecule has 2 aromatic rings. The van der Waals surface area contributed by atoms with E-state index in [2.05, 4.69) is 32.5 Å². The van der Waals surface area contributed by atoms with E-state index in [1.54, 1.807) is 23.1 Å². The van der Waals surface area contributed by atoms with Crippen molar-refractivity contribution in [1.82, 2.24) is 20.2 Å². The average Bonchev–Trinajstić information content (AvgIpc) is 3.19. The van der Waals surface area contributed by atoms with Crippen LogP contribution in [0.5, 0.6) is 0 Å². The maximum Gasteiger partial charge on any atom is 0.253 e. The van der Waals surface area contributed by atoms with Gasteiger partial charge in [0.2, 0.25) is 11.9 Å². The first-order valence-corrected chi connectivity index (χ1v) is 9.62. The van der Waals surface area contributed by atoms with Crippen LogP contribution in [-0.2, 0) is 11.3 Å². The monoisotopic (exact) mass is 414 g/mol. The Hall–Kier alpha value is -2.97. The fourth-order valence-corrected chi connectivity index (χ4v) is 3.28. The molecule has 0 unspecified atom stereocenters. The summed E-state index contributed by atoms with van der Waals surface area (Å²) in [7, 11) is 1.81. The van der Waals surface area contributed by atoms with Crippen LogP contribution in [0.3, 0.4) is 0 Å². The van der Waals surface area contributed by atoms with Crippen LogP contribution in [0.1, 0.15) is 22.3 Å². The minimum absolute atomic E-state index is 0.0507. The number of halogens is 1. The summed E-state index contributed by atoms with van der Waals surface area (Å²) in [6, 6.07) is 5.35. The van der Waals surface area contributed by atoms with Crippen molar-refractivity contribution in [2.45, 2.75) is 19.0 Å². The number of rotatable bonds is 7. The van der Waals surface area contributed by atoms with E-state index in [0.717, 1.165) is 12.0 Å². The number of nitrogens with one attached hydrogen (secondary N) is 3. The Bertz CT molecular complexity index is 902. The molecule has 0 radical (unpaired) electrons. The minimum Gasteiger partial charge on any atom is -0.350 e. The molecule has 2 heterocycles. The highest BCUT2D eigenvalue weighted by Crippen LogP contribution is 2.21. The Labute approximate surface area is 174 Å². The first kappa shape index (κ1) is 20.8. The standard InChI is InChI=1S/C20H23ClN6O2/c1-3-18(28)26-17-5-4-13(8-14(17)9-22-2)19(29)27-7-6-16(12-27)25-20-23-10-15(21)11-24-20/h3-5,8,10-11,16,22H,1,6-7,9,12H2,2H3,(H,26,28)(H,23,24,25)/t16-/m1/s1. The second kappa shape index (κ2) is 9.49. The van der Waals surface area contributed by atoms with Crippen LogP contribution in [0.15, 0.2) is 43.2 Å². The number of amides is 2. The number of benzene rings is 1. The number of aromatic nitrogens is 2. The predicted molar refractivity (Wildman–Crippen MR) is 113 cm³/mol. The summed E-state index contributed by atoms with van der Waals surface area (Å²) in [6.45, 7) is 5.18. The van der Waals surface area contributed by atoms with Crippen molar-refractivity contribution in [1.29, 1.82) is 0 Å². The third kappa shape index (κ3) is 5.30. The molecule has 3 rings (SSSR count). The second-order valence-corrected chi connectivity index (χ2v) is 7.14. The summed E-state index contributed by atoms with van der Waals surface area (Å²) < 4.78 is 0. The van der Waals surface area contributed by atoms with Crippen molar-refractivity contribution < 1.29 is 9.59 Å². The van der Waals surface area contributed by atoms with Gasteiger partial charge in [-0.2, -0.15) is 0 Å². The third-order valence-electron chi connectivity index (χ3n) is 4.59. The molecule has 29 heavy (non-hydrogen) atoms. The van der Waals surface area contributed by atoms with Gasteiger partial charge >= 0.3 is 0 Å². The highest BCUT2D eigenvalue weighted by Gasteiger charge is 2.27. The van der Waals surface area contributed by atoms with Gasteiger partial charge in [0.05, 0.1) is 17.4 Å². The van der Waals surface area contributed by atoms with Crippen molar-refractivity contribution in [2.24, 2.45) is 0 Å². The van der Waals surface area contributed by atoms with Crippen LogP contribution in [-0.4, -0.2) is 52.9 Å². The average molecular weight is 415 g/mol. The van der Waals surface area contributed by atoms with Gasteiger partial charge in [-0.3, -0.25) is 9.59 Å². The zero-order valence-corrected chi connectivity index (χ0v) is 16.9. The van der Waals surface area contributed by atoms with Crippen molar-refractivity contribution in [2.75, 3.05) is 30.8 Å². The van der Waals surface area contributed by atoms with Gasteiger partial charge in [-0.15, -0.1) is 0 Å². The minimum atomic E-state index is -0.292. The topological polar surface area (TPSA) is 99.3 Å². The summed E-state index contributed by atoms with van der Waals surface area (Å²) in [5.41, 5.74) is 2.06. The Morgan fingerprint density at radius 3 is 2.79 bits per heavy atom. The molecule has 0 spiro atoms. The molecule has 152 valence electrons. The molecule has 1 aromatic carbocycles. The highest BCUT2D eigenvalue weighted by molar-refractivity contribution is 6.30. The molecule has 1 fully saturated rings. The lowest BCUT2D eigenvalue weighted by atomic mass is 10.1. The van der Waals surface area contributed by atoms with E-state index in [-0.39, 0.29) is 17.9 Å². The van der Waals surface area contributed by atoms with E-state index in [1.807, 2.05) is 7.05 Å². The van der Waals surface area contributed by atoms with Crippen molar-refractivity contribution in [3.63, 3.8) is 0 Å². The number of anilines is 2. The normalized spacial score (nSPS) is 15.8. The van der Waals surface area contributed by atoms with Crippen molar-refractivity contribution in [3.05, 3.63) is 59.4 Å². The second-order valence-electron chi connectivity index (χ2n) is 6.70. The van der Waals surface area contributed by atoms with E-state index in [9.17, 15) is 9.59 Å². The highest BCUT2D eigenvalue weighted by atomic mass is 35.5. The number of nitrogens with zero attached hydrogens (tertiary/aromatic N) is 3. The van der Waals surface area contributed by atoms with Gasteiger partial charge in [0.15, 0.2) is 0 Å². The van der Waals surface area contributed by atoms with Gasteiger partial charge in [0, 0.05) is 36.9 Å². The number of carbonyl (C=O) groups is 2. The van der Waals surface area contributed by atoms with Crippen LogP contribution < -0.4 is 16.0 Å². The van der Waals surface area contributed by atoms with E-state index in [0.29, 0.717) is 41.9 Å². The van der Waals surface area contributed by atoms with Gasteiger partial charge in [0.25, 0.3) is 5.91 Å². The third-order valence-corrected chi connectivity index (χ3v) is 4.79. The smallest absolute Gasteiger partial charge is 0.253 e. The molecule has 2 amide bonds. The van der Waals surface area contributed by atoms with Gasteiger partial charge in [-0.05, 0) is 43.3 Å². The SMILES string of the molecule is C=CC(=O)Nc1ccc(C(=O)N2CC[C@@H](Nc3ncc(Cl)cn3)C2)cc1CNC. The molecule has 1 atom stereocenters. The summed E-state index contributed by atoms with van der Waals surface area (Å²) in [5.74, 6) is 0.150. The molecule has 0 saturated carbocycles. The maximum atomic E-state index is 13.0. The lowest BCUT2D eigenvalue weighted by Crippen LogP contribution is -2.32. The number of hydrogen-bond acceptors (Lipinski definition) is 6. The first-order chi connectivity index (χ1) is 14.0. The zero-order chi connectivity index (χ0) is 20.8. The van der Waals surface area contributed by atoms with Crippen LogP contribution in [0, 0.1) is 0 Å². The fourth-order valence-electron chi connectivity index (χ4n) is 3.18.